The van der Waals surface area contributed by atoms with Gasteiger partial charge in [-0.05, 0) is 53.1 Å². The van der Waals surface area contributed by atoms with Crippen LogP contribution >= 0.6 is 0 Å². The monoisotopic (exact) mass is 319 g/mol. The third-order valence-electron chi connectivity index (χ3n) is 3.86. The number of amides is 1. The third-order valence-corrected chi connectivity index (χ3v) is 3.86. The second-order valence-electron chi connectivity index (χ2n) is 5.31. The van der Waals surface area contributed by atoms with Crippen LogP contribution in [0.3, 0.4) is 0 Å². The number of nitrogen functional groups attached to an aromatic ring is 1. The number of primary amides is 1. The molecule has 1 heterocycles. The van der Waals surface area contributed by atoms with E-state index in [9.17, 15) is 4.79 Å². The van der Waals surface area contributed by atoms with Crippen LogP contribution in [0.5, 0.6) is 5.75 Å². The Balaban J connectivity index is 2.19. The molecule has 24 heavy (non-hydrogen) atoms. The van der Waals surface area contributed by atoms with Crippen LogP contribution in [0.1, 0.15) is 10.4 Å². The minimum absolute atomic E-state index is 0.301. The molecular weight excluding hydrogens is 302 g/mol. The van der Waals surface area contributed by atoms with Crippen LogP contribution in [0.4, 0.5) is 5.69 Å². The number of hydrogen-bond acceptors (Lipinski definition) is 4. The van der Waals surface area contributed by atoms with E-state index in [-0.39, 0.29) is 0 Å². The number of nitrogens with two attached hydrogens (primary N) is 2. The fraction of sp³-hybridized carbons (Fsp3) is 0.0526. The highest BCUT2D eigenvalue weighted by Gasteiger charge is 2.14. The number of ether oxygens (including phenoxy) is 1. The minimum atomic E-state index is -0.557. The van der Waals surface area contributed by atoms with Gasteiger partial charge in [0.25, 0.3) is 5.91 Å². The summed E-state index contributed by atoms with van der Waals surface area (Å²) in [7, 11) is 1.62. The fourth-order valence-corrected chi connectivity index (χ4v) is 2.58. The zero-order valence-electron chi connectivity index (χ0n) is 13.2. The number of benzene rings is 2. The molecule has 3 rings (SSSR count). The third kappa shape index (κ3) is 2.92. The second-order valence-corrected chi connectivity index (χ2v) is 5.31. The highest BCUT2D eigenvalue weighted by Crippen LogP contribution is 2.34. The molecule has 0 spiro atoms. The van der Waals surface area contributed by atoms with Crippen molar-refractivity contribution in [1.29, 1.82) is 0 Å². The Morgan fingerprint density at radius 1 is 0.958 bits per heavy atom. The molecule has 0 saturated heterocycles. The molecule has 5 nitrogen and oxygen atoms in total. The number of rotatable bonds is 4. The van der Waals surface area contributed by atoms with E-state index in [0.29, 0.717) is 11.3 Å². The number of pyridine rings is 1. The first-order valence-electron chi connectivity index (χ1n) is 7.38. The lowest BCUT2D eigenvalue weighted by Crippen LogP contribution is -2.14. The van der Waals surface area contributed by atoms with Gasteiger partial charge in [0, 0.05) is 18.0 Å². The maximum absolute atomic E-state index is 11.8. The Hall–Kier alpha value is -3.34. The molecule has 1 amide bonds. The molecule has 120 valence electrons. The van der Waals surface area contributed by atoms with Gasteiger partial charge in [0.15, 0.2) is 0 Å². The van der Waals surface area contributed by atoms with Gasteiger partial charge in [0.2, 0.25) is 0 Å². The van der Waals surface area contributed by atoms with Crippen LogP contribution in [-0.4, -0.2) is 18.0 Å². The Bertz CT molecular complexity index is 875. The highest BCUT2D eigenvalue weighted by molar-refractivity contribution is 6.03. The summed E-state index contributed by atoms with van der Waals surface area (Å²) in [6.07, 6.45) is 3.36. The van der Waals surface area contributed by atoms with Crippen LogP contribution in [0.2, 0.25) is 0 Å². The molecule has 5 heteroatoms. The number of methoxy groups -OCH3 is 1. The van der Waals surface area contributed by atoms with Crippen molar-refractivity contribution in [2.24, 2.45) is 5.73 Å². The normalized spacial score (nSPS) is 10.4. The fourth-order valence-electron chi connectivity index (χ4n) is 2.58. The predicted octanol–water partition coefficient (Wildman–Crippen LogP) is 3.11. The topological polar surface area (TPSA) is 91.2 Å². The minimum Gasteiger partial charge on any atom is -0.497 e. The molecule has 0 bridgehead atoms. The van der Waals surface area contributed by atoms with Gasteiger partial charge in [-0.1, -0.05) is 12.1 Å². The van der Waals surface area contributed by atoms with Crippen molar-refractivity contribution < 1.29 is 9.53 Å². The Kier molecular flexibility index (Phi) is 4.16. The smallest absolute Gasteiger partial charge is 0.250 e. The van der Waals surface area contributed by atoms with Crippen LogP contribution in [0.15, 0.2) is 60.9 Å². The Morgan fingerprint density at radius 3 is 2.21 bits per heavy atom. The second kappa shape index (κ2) is 6.42. The summed E-state index contributed by atoms with van der Waals surface area (Å²) in [6, 6.07) is 14.9. The number of nitrogens with zero attached hydrogens (tertiary/aromatic N) is 1. The molecule has 0 aliphatic carbocycles. The summed E-state index contributed by atoms with van der Waals surface area (Å²) in [5, 5.41) is 0. The van der Waals surface area contributed by atoms with Crippen LogP contribution in [0.25, 0.3) is 22.3 Å². The van der Waals surface area contributed by atoms with E-state index in [2.05, 4.69) is 4.98 Å². The van der Waals surface area contributed by atoms with Crippen molar-refractivity contribution in [1.82, 2.24) is 4.98 Å². The number of hydrogen-bond donors (Lipinski definition) is 2. The van der Waals surface area contributed by atoms with E-state index in [1.807, 2.05) is 42.5 Å². The first-order chi connectivity index (χ1) is 11.6. The molecule has 0 fully saturated rings. The van der Waals surface area contributed by atoms with E-state index in [4.69, 9.17) is 16.2 Å². The van der Waals surface area contributed by atoms with E-state index in [0.717, 1.165) is 28.0 Å². The molecule has 0 radical (unpaired) electrons. The first-order valence-corrected chi connectivity index (χ1v) is 7.38. The number of aromatic nitrogens is 1. The Morgan fingerprint density at radius 2 is 1.62 bits per heavy atom. The van der Waals surface area contributed by atoms with Gasteiger partial charge in [0.1, 0.15) is 5.75 Å². The summed E-state index contributed by atoms with van der Waals surface area (Å²) in [5.74, 6) is 0.205. The van der Waals surface area contributed by atoms with E-state index < -0.39 is 5.91 Å². The molecule has 0 aliphatic rings. The molecule has 0 atom stereocenters. The van der Waals surface area contributed by atoms with Crippen molar-refractivity contribution in [3.63, 3.8) is 0 Å². The van der Waals surface area contributed by atoms with Gasteiger partial charge in [-0.25, -0.2) is 0 Å². The molecule has 0 aliphatic heterocycles. The summed E-state index contributed by atoms with van der Waals surface area (Å²) >= 11 is 0. The average Bonchev–Trinajstić information content (AvgIpc) is 2.62. The van der Waals surface area contributed by atoms with Gasteiger partial charge in [-0.15, -0.1) is 0 Å². The predicted molar refractivity (Wildman–Crippen MR) is 94.6 cm³/mol. The van der Waals surface area contributed by atoms with Gasteiger partial charge >= 0.3 is 0 Å². The number of anilines is 1. The summed E-state index contributed by atoms with van der Waals surface area (Å²) in [4.78, 5) is 15.8. The number of carbonyl (C=O) groups excluding carboxylic acids is 1. The summed E-state index contributed by atoms with van der Waals surface area (Å²) < 4.78 is 5.18. The zero-order chi connectivity index (χ0) is 17.1. The maximum Gasteiger partial charge on any atom is 0.250 e. The van der Waals surface area contributed by atoms with Gasteiger partial charge < -0.3 is 16.2 Å². The van der Waals surface area contributed by atoms with Gasteiger partial charge in [0.05, 0.1) is 18.4 Å². The van der Waals surface area contributed by atoms with E-state index in [1.165, 1.54) is 0 Å². The molecule has 4 N–H and O–H groups in total. The maximum atomic E-state index is 11.8. The average molecular weight is 319 g/mol. The van der Waals surface area contributed by atoms with Crippen molar-refractivity contribution in [2.45, 2.75) is 0 Å². The lowest BCUT2D eigenvalue weighted by molar-refractivity contribution is 0.100. The molecular formula is C19H17N3O2. The quantitative estimate of drug-likeness (QED) is 0.723. The van der Waals surface area contributed by atoms with Crippen molar-refractivity contribution in [3.8, 4) is 28.0 Å². The van der Waals surface area contributed by atoms with Crippen LogP contribution in [-0.2, 0) is 0 Å². The van der Waals surface area contributed by atoms with Crippen molar-refractivity contribution in [3.05, 3.63) is 66.5 Å². The largest absolute Gasteiger partial charge is 0.497 e. The van der Waals surface area contributed by atoms with Gasteiger partial charge in [-0.2, -0.15) is 0 Å². The molecule has 1 aromatic heterocycles. The SMILES string of the molecule is COc1ccc(-c2cc(C(N)=O)c(N)c(-c3ccncc3)c2)cc1. The summed E-state index contributed by atoms with van der Waals surface area (Å²) in [5.41, 5.74) is 15.8. The first kappa shape index (κ1) is 15.6. The summed E-state index contributed by atoms with van der Waals surface area (Å²) in [6.45, 7) is 0. The van der Waals surface area contributed by atoms with Crippen LogP contribution in [0, 0.1) is 0 Å². The number of carbonyl (C=O) groups is 1. The molecule has 0 unspecified atom stereocenters. The van der Waals surface area contributed by atoms with Crippen LogP contribution < -0.4 is 16.2 Å². The highest BCUT2D eigenvalue weighted by atomic mass is 16.5. The van der Waals surface area contributed by atoms with E-state index in [1.54, 1.807) is 25.6 Å². The van der Waals surface area contributed by atoms with Crippen molar-refractivity contribution >= 4 is 11.6 Å². The Labute approximate surface area is 139 Å². The molecule has 0 saturated carbocycles. The molecule has 2 aromatic carbocycles. The zero-order valence-corrected chi connectivity index (χ0v) is 13.2. The van der Waals surface area contributed by atoms with Crippen molar-refractivity contribution in [2.75, 3.05) is 12.8 Å². The lowest BCUT2D eigenvalue weighted by atomic mass is 9.94. The lowest BCUT2D eigenvalue weighted by Gasteiger charge is -2.13. The van der Waals surface area contributed by atoms with Gasteiger partial charge in [-0.3, -0.25) is 9.78 Å². The molecule has 3 aromatic rings. The standard InChI is InChI=1S/C19H17N3O2/c1-24-15-4-2-12(3-5-15)14-10-16(13-6-8-22-9-7-13)18(20)17(11-14)19(21)23/h2-11H,20H2,1H3,(H2,21,23). The van der Waals surface area contributed by atoms with E-state index >= 15 is 0 Å².